The lowest BCUT2D eigenvalue weighted by Gasteiger charge is -2.20. The van der Waals surface area contributed by atoms with Crippen molar-refractivity contribution in [3.8, 4) is 0 Å². The molecule has 1 aromatic carbocycles. The van der Waals surface area contributed by atoms with Gasteiger partial charge in [0.05, 0.1) is 4.90 Å². The van der Waals surface area contributed by atoms with Crippen molar-refractivity contribution < 1.29 is 8.42 Å². The van der Waals surface area contributed by atoms with Gasteiger partial charge in [-0.05, 0) is 30.5 Å². The summed E-state index contributed by atoms with van der Waals surface area (Å²) in [6.45, 7) is 4.33. The zero-order chi connectivity index (χ0) is 13.2. The van der Waals surface area contributed by atoms with Crippen LogP contribution in [0.1, 0.15) is 18.4 Å². The van der Waals surface area contributed by atoms with Gasteiger partial charge < -0.3 is 5.73 Å². The normalized spacial score (nSPS) is 15.9. The summed E-state index contributed by atoms with van der Waals surface area (Å²) in [4.78, 5) is 0.319. The molecule has 2 rings (SSSR count). The Morgan fingerprint density at radius 3 is 2.72 bits per heavy atom. The summed E-state index contributed by atoms with van der Waals surface area (Å²) in [5, 5.41) is 0. The Morgan fingerprint density at radius 1 is 1.44 bits per heavy atom. The molecule has 18 heavy (non-hydrogen) atoms. The number of nitrogens with zero attached hydrogens (tertiary/aromatic N) is 1. The van der Waals surface area contributed by atoms with Gasteiger partial charge in [0.1, 0.15) is 0 Å². The van der Waals surface area contributed by atoms with E-state index in [0.717, 1.165) is 18.4 Å². The molecule has 1 aromatic rings. The Balaban J connectivity index is 2.35. The van der Waals surface area contributed by atoms with Crippen LogP contribution in [0.5, 0.6) is 0 Å². The van der Waals surface area contributed by atoms with E-state index < -0.39 is 10.0 Å². The van der Waals surface area contributed by atoms with E-state index >= 15 is 0 Å². The van der Waals surface area contributed by atoms with E-state index in [2.05, 4.69) is 6.58 Å². The molecule has 0 spiro atoms. The molecule has 0 atom stereocenters. The number of rotatable bonds is 6. The summed E-state index contributed by atoms with van der Waals surface area (Å²) in [6, 6.07) is 6.96. The highest BCUT2D eigenvalue weighted by Gasteiger charge is 2.37. The van der Waals surface area contributed by atoms with Gasteiger partial charge in [-0.15, -0.1) is 6.58 Å². The number of hydrogen-bond donors (Lipinski definition) is 1. The van der Waals surface area contributed by atoms with E-state index in [1.165, 1.54) is 4.31 Å². The van der Waals surface area contributed by atoms with Crippen molar-refractivity contribution in [2.45, 2.75) is 30.3 Å². The van der Waals surface area contributed by atoms with Gasteiger partial charge in [0.15, 0.2) is 0 Å². The van der Waals surface area contributed by atoms with Crippen molar-refractivity contribution >= 4 is 10.0 Å². The number of benzene rings is 1. The number of sulfonamides is 1. The lowest BCUT2D eigenvalue weighted by Crippen LogP contribution is -2.33. The topological polar surface area (TPSA) is 63.4 Å². The fourth-order valence-electron chi connectivity index (χ4n) is 1.90. The van der Waals surface area contributed by atoms with E-state index in [1.54, 1.807) is 24.3 Å². The van der Waals surface area contributed by atoms with Gasteiger partial charge >= 0.3 is 0 Å². The molecule has 5 heteroatoms. The van der Waals surface area contributed by atoms with Crippen molar-refractivity contribution in [1.82, 2.24) is 4.31 Å². The molecular formula is C13H18N2O2S. The van der Waals surface area contributed by atoms with Crippen molar-refractivity contribution in [3.05, 3.63) is 42.5 Å². The molecule has 98 valence electrons. The van der Waals surface area contributed by atoms with E-state index in [9.17, 15) is 8.42 Å². The van der Waals surface area contributed by atoms with Gasteiger partial charge in [-0.2, -0.15) is 4.31 Å². The average Bonchev–Trinajstić information content (AvgIpc) is 3.20. The van der Waals surface area contributed by atoms with Crippen LogP contribution in [-0.4, -0.2) is 25.3 Å². The standard InChI is InChI=1S/C13H18N2O2S/c1-2-8-15(12-6-7-12)18(16,17)13-5-3-4-11(9-13)10-14/h2-5,9,12H,1,6-8,10,14H2. The molecule has 1 aliphatic carbocycles. The van der Waals surface area contributed by atoms with Crippen molar-refractivity contribution in [2.24, 2.45) is 5.73 Å². The van der Waals surface area contributed by atoms with Gasteiger partial charge in [0.2, 0.25) is 10.0 Å². The van der Waals surface area contributed by atoms with Crippen molar-refractivity contribution in [2.75, 3.05) is 6.54 Å². The van der Waals surface area contributed by atoms with Crippen LogP contribution in [0.4, 0.5) is 0 Å². The van der Waals surface area contributed by atoms with Gasteiger partial charge in [-0.25, -0.2) is 8.42 Å². The Kier molecular flexibility index (Phi) is 3.85. The van der Waals surface area contributed by atoms with Crippen LogP contribution < -0.4 is 5.73 Å². The highest BCUT2D eigenvalue weighted by atomic mass is 32.2. The predicted octanol–water partition coefficient (Wildman–Crippen LogP) is 1.48. The van der Waals surface area contributed by atoms with Crippen LogP contribution in [0.2, 0.25) is 0 Å². The van der Waals surface area contributed by atoms with E-state index in [0.29, 0.717) is 18.0 Å². The Labute approximate surface area is 108 Å². The van der Waals surface area contributed by atoms with Crippen LogP contribution in [0.15, 0.2) is 41.8 Å². The molecule has 0 heterocycles. The first kappa shape index (κ1) is 13.3. The fourth-order valence-corrected chi connectivity index (χ4v) is 3.63. The molecule has 0 bridgehead atoms. The molecular weight excluding hydrogens is 248 g/mol. The van der Waals surface area contributed by atoms with E-state index in [-0.39, 0.29) is 6.04 Å². The highest BCUT2D eigenvalue weighted by Crippen LogP contribution is 2.31. The minimum Gasteiger partial charge on any atom is -0.326 e. The molecule has 0 aliphatic heterocycles. The summed E-state index contributed by atoms with van der Waals surface area (Å²) in [6.07, 6.45) is 3.50. The quantitative estimate of drug-likeness (QED) is 0.793. The first-order valence-electron chi connectivity index (χ1n) is 6.01. The second-order valence-electron chi connectivity index (χ2n) is 4.45. The largest absolute Gasteiger partial charge is 0.326 e. The van der Waals surface area contributed by atoms with Gasteiger partial charge in [0.25, 0.3) is 0 Å². The molecule has 0 amide bonds. The van der Waals surface area contributed by atoms with Crippen LogP contribution in [0.3, 0.4) is 0 Å². The fraction of sp³-hybridized carbons (Fsp3) is 0.385. The van der Waals surface area contributed by atoms with Crippen LogP contribution >= 0.6 is 0 Å². The SMILES string of the molecule is C=CCN(C1CC1)S(=O)(=O)c1cccc(CN)c1. The minimum atomic E-state index is -3.43. The smallest absolute Gasteiger partial charge is 0.243 e. The third kappa shape index (κ3) is 2.63. The first-order chi connectivity index (χ1) is 8.59. The summed E-state index contributed by atoms with van der Waals surface area (Å²) in [5.41, 5.74) is 6.37. The maximum Gasteiger partial charge on any atom is 0.243 e. The van der Waals surface area contributed by atoms with Gasteiger partial charge in [-0.1, -0.05) is 18.2 Å². The summed E-state index contributed by atoms with van der Waals surface area (Å²) < 4.78 is 26.5. The number of nitrogens with two attached hydrogens (primary N) is 1. The van der Waals surface area contributed by atoms with Crippen molar-refractivity contribution in [3.63, 3.8) is 0 Å². The molecule has 0 saturated heterocycles. The Hall–Kier alpha value is -1.17. The summed E-state index contributed by atoms with van der Waals surface area (Å²) >= 11 is 0. The Morgan fingerprint density at radius 2 is 2.17 bits per heavy atom. The zero-order valence-corrected chi connectivity index (χ0v) is 11.1. The first-order valence-corrected chi connectivity index (χ1v) is 7.45. The minimum absolute atomic E-state index is 0.134. The van der Waals surface area contributed by atoms with Crippen LogP contribution in [0.25, 0.3) is 0 Å². The third-order valence-corrected chi connectivity index (χ3v) is 4.92. The molecule has 0 aromatic heterocycles. The molecule has 4 nitrogen and oxygen atoms in total. The van der Waals surface area contributed by atoms with Crippen molar-refractivity contribution in [1.29, 1.82) is 0 Å². The van der Waals surface area contributed by atoms with E-state index in [1.807, 2.05) is 6.07 Å². The van der Waals surface area contributed by atoms with Crippen LogP contribution in [0, 0.1) is 0 Å². The molecule has 1 aliphatic rings. The lowest BCUT2D eigenvalue weighted by molar-refractivity contribution is 0.436. The maximum atomic E-state index is 12.5. The third-order valence-electron chi connectivity index (χ3n) is 3.00. The Bertz CT molecular complexity index is 536. The number of hydrogen-bond acceptors (Lipinski definition) is 3. The molecule has 0 radical (unpaired) electrons. The van der Waals surface area contributed by atoms with E-state index in [4.69, 9.17) is 5.73 Å². The molecule has 0 unspecified atom stereocenters. The average molecular weight is 266 g/mol. The molecule has 2 N–H and O–H groups in total. The predicted molar refractivity (Wildman–Crippen MR) is 71.4 cm³/mol. The second kappa shape index (κ2) is 5.22. The maximum absolute atomic E-state index is 12.5. The molecule has 1 saturated carbocycles. The summed E-state index contributed by atoms with van der Waals surface area (Å²) in [7, 11) is -3.43. The van der Waals surface area contributed by atoms with Crippen LogP contribution in [-0.2, 0) is 16.6 Å². The highest BCUT2D eigenvalue weighted by molar-refractivity contribution is 7.89. The lowest BCUT2D eigenvalue weighted by atomic mass is 10.2. The summed E-state index contributed by atoms with van der Waals surface area (Å²) in [5.74, 6) is 0. The zero-order valence-electron chi connectivity index (χ0n) is 10.2. The second-order valence-corrected chi connectivity index (χ2v) is 6.34. The monoisotopic (exact) mass is 266 g/mol. The van der Waals surface area contributed by atoms with Gasteiger partial charge in [-0.3, -0.25) is 0 Å². The van der Waals surface area contributed by atoms with Gasteiger partial charge in [0, 0.05) is 19.1 Å². The molecule has 1 fully saturated rings.